The molecule has 1 N–H and O–H groups in total. The Labute approximate surface area is 106 Å². The Morgan fingerprint density at radius 2 is 2.31 bits per heavy atom. The van der Waals surface area contributed by atoms with E-state index >= 15 is 0 Å². The molecular weight excluding hydrogens is 236 g/mol. The third-order valence-electron chi connectivity index (χ3n) is 2.02. The molecule has 88 valence electrons. The summed E-state index contributed by atoms with van der Waals surface area (Å²) < 4.78 is 0. The fourth-order valence-electron chi connectivity index (χ4n) is 1.04. The maximum Gasteiger partial charge on any atom is 0.102 e. The van der Waals surface area contributed by atoms with E-state index in [2.05, 4.69) is 29.5 Å². The van der Waals surface area contributed by atoms with Crippen molar-refractivity contribution < 1.29 is 0 Å². The van der Waals surface area contributed by atoms with Crippen molar-refractivity contribution in [2.75, 3.05) is 12.3 Å². The summed E-state index contributed by atoms with van der Waals surface area (Å²) in [7, 11) is 3.56. The zero-order valence-electron chi connectivity index (χ0n) is 9.66. The highest BCUT2D eigenvalue weighted by atomic mass is 33.1. The molecule has 4 heteroatoms. The van der Waals surface area contributed by atoms with E-state index in [-0.39, 0.29) is 0 Å². The minimum atomic E-state index is 0.917. The maximum atomic E-state index is 4.32. The SMILES string of the molecule is C=C(C)C(=C)NCCSSC1=CCCC=N1. The van der Waals surface area contributed by atoms with Crippen LogP contribution in [0.2, 0.25) is 0 Å². The highest BCUT2D eigenvalue weighted by Gasteiger charge is 2.00. The Hall–Kier alpha value is -0.610. The van der Waals surface area contributed by atoms with E-state index in [0.29, 0.717) is 0 Å². The molecule has 0 radical (unpaired) electrons. The first kappa shape index (κ1) is 13.5. The van der Waals surface area contributed by atoms with Crippen molar-refractivity contribution >= 4 is 27.8 Å². The van der Waals surface area contributed by atoms with Gasteiger partial charge in [0.2, 0.25) is 0 Å². The predicted molar refractivity (Wildman–Crippen MR) is 77.8 cm³/mol. The van der Waals surface area contributed by atoms with Gasteiger partial charge in [-0.05, 0) is 36.1 Å². The lowest BCUT2D eigenvalue weighted by Gasteiger charge is -2.08. The fraction of sp³-hybridized carbons (Fsp3) is 0.417. The van der Waals surface area contributed by atoms with Crippen LogP contribution in [0.15, 0.2) is 40.5 Å². The molecule has 0 aliphatic carbocycles. The van der Waals surface area contributed by atoms with Crippen molar-refractivity contribution in [3.8, 4) is 0 Å². The molecule has 1 aliphatic rings. The molecule has 0 aromatic carbocycles. The third kappa shape index (κ3) is 5.47. The summed E-state index contributed by atoms with van der Waals surface area (Å²) >= 11 is 0. The topological polar surface area (TPSA) is 24.4 Å². The van der Waals surface area contributed by atoms with Crippen molar-refractivity contribution in [2.45, 2.75) is 19.8 Å². The molecule has 0 spiro atoms. The van der Waals surface area contributed by atoms with E-state index in [1.165, 1.54) is 0 Å². The quantitative estimate of drug-likeness (QED) is 0.425. The van der Waals surface area contributed by atoms with Gasteiger partial charge >= 0.3 is 0 Å². The molecule has 1 rings (SSSR count). The molecule has 0 fully saturated rings. The van der Waals surface area contributed by atoms with E-state index in [1.807, 2.05) is 23.9 Å². The lowest BCUT2D eigenvalue weighted by molar-refractivity contribution is 0.877. The maximum absolute atomic E-state index is 4.32. The van der Waals surface area contributed by atoms with Crippen LogP contribution in [0.1, 0.15) is 19.8 Å². The first-order chi connectivity index (χ1) is 7.70. The third-order valence-corrected chi connectivity index (χ3v) is 4.31. The average molecular weight is 254 g/mol. The van der Waals surface area contributed by atoms with Crippen LogP contribution in [0, 0.1) is 0 Å². The lowest BCUT2D eigenvalue weighted by Crippen LogP contribution is -2.15. The van der Waals surface area contributed by atoms with Crippen molar-refractivity contribution in [1.29, 1.82) is 0 Å². The number of allylic oxidation sites excluding steroid dienone is 2. The van der Waals surface area contributed by atoms with Crippen LogP contribution < -0.4 is 5.32 Å². The molecular formula is C12H18N2S2. The zero-order chi connectivity index (χ0) is 11.8. The van der Waals surface area contributed by atoms with Crippen LogP contribution in [-0.4, -0.2) is 18.5 Å². The molecule has 2 nitrogen and oxygen atoms in total. The van der Waals surface area contributed by atoms with Crippen molar-refractivity contribution in [1.82, 2.24) is 5.32 Å². The number of hydrogen-bond donors (Lipinski definition) is 1. The monoisotopic (exact) mass is 254 g/mol. The number of nitrogens with one attached hydrogen (secondary N) is 1. The van der Waals surface area contributed by atoms with Crippen LogP contribution in [0.5, 0.6) is 0 Å². The molecule has 0 aromatic rings. The van der Waals surface area contributed by atoms with E-state index in [0.717, 1.165) is 41.4 Å². The standard InChI is InChI=1S/C12H18N2S2/c1-10(2)11(3)13-8-9-15-16-12-6-4-5-7-14-12/h6-7,13H,1,3-5,8-9H2,2H3. The van der Waals surface area contributed by atoms with E-state index in [4.69, 9.17) is 0 Å². The number of aliphatic imine (C=N–C) groups is 1. The molecule has 1 heterocycles. The second-order valence-corrected chi connectivity index (χ2v) is 5.96. The molecule has 16 heavy (non-hydrogen) atoms. The van der Waals surface area contributed by atoms with Gasteiger partial charge in [0.05, 0.1) is 0 Å². The van der Waals surface area contributed by atoms with Gasteiger partial charge in [-0.15, -0.1) is 0 Å². The Bertz CT molecular complexity index is 319. The smallest absolute Gasteiger partial charge is 0.102 e. The Morgan fingerprint density at radius 3 is 2.94 bits per heavy atom. The van der Waals surface area contributed by atoms with Gasteiger partial charge < -0.3 is 5.32 Å². The highest BCUT2D eigenvalue weighted by Crippen LogP contribution is 2.31. The molecule has 1 aliphatic heterocycles. The molecule has 0 aromatic heterocycles. The zero-order valence-corrected chi connectivity index (χ0v) is 11.3. The first-order valence-electron chi connectivity index (χ1n) is 5.31. The first-order valence-corrected chi connectivity index (χ1v) is 7.63. The van der Waals surface area contributed by atoms with Gasteiger partial charge in [-0.25, -0.2) is 0 Å². The largest absolute Gasteiger partial charge is 0.384 e. The number of nitrogens with zero attached hydrogens (tertiary/aromatic N) is 1. The number of hydrogen-bond acceptors (Lipinski definition) is 4. The molecule has 0 saturated heterocycles. The lowest BCUT2D eigenvalue weighted by atomic mass is 10.3. The van der Waals surface area contributed by atoms with Crippen LogP contribution in [0.3, 0.4) is 0 Å². The van der Waals surface area contributed by atoms with Crippen LogP contribution in [0.4, 0.5) is 0 Å². The minimum Gasteiger partial charge on any atom is -0.384 e. The molecule has 0 amide bonds. The van der Waals surface area contributed by atoms with Gasteiger partial charge in [0, 0.05) is 24.2 Å². The van der Waals surface area contributed by atoms with Gasteiger partial charge in [-0.2, -0.15) is 0 Å². The Kier molecular flexibility index (Phi) is 6.42. The predicted octanol–water partition coefficient (Wildman–Crippen LogP) is 3.75. The van der Waals surface area contributed by atoms with Gasteiger partial charge in [-0.1, -0.05) is 30.0 Å². The Morgan fingerprint density at radius 1 is 1.50 bits per heavy atom. The van der Waals surface area contributed by atoms with E-state index in [1.54, 1.807) is 10.8 Å². The summed E-state index contributed by atoms with van der Waals surface area (Å²) in [4.78, 5) is 4.32. The average Bonchev–Trinajstić information content (AvgIpc) is 2.29. The summed E-state index contributed by atoms with van der Waals surface area (Å²) in [5.74, 6) is 1.03. The van der Waals surface area contributed by atoms with Gasteiger partial charge in [0.15, 0.2) is 0 Å². The summed E-state index contributed by atoms with van der Waals surface area (Å²) in [6.07, 6.45) is 6.38. The van der Waals surface area contributed by atoms with Gasteiger partial charge in [0.25, 0.3) is 0 Å². The summed E-state index contributed by atoms with van der Waals surface area (Å²) in [5.41, 5.74) is 1.93. The normalized spacial score (nSPS) is 14.4. The van der Waals surface area contributed by atoms with Gasteiger partial charge in [0.1, 0.15) is 5.03 Å². The summed E-state index contributed by atoms with van der Waals surface area (Å²) in [6, 6.07) is 0. The van der Waals surface area contributed by atoms with Gasteiger partial charge in [-0.3, -0.25) is 4.99 Å². The van der Waals surface area contributed by atoms with Crippen LogP contribution >= 0.6 is 21.6 Å². The Balaban J connectivity index is 2.04. The second kappa shape index (κ2) is 7.63. The van der Waals surface area contributed by atoms with Crippen molar-refractivity contribution in [3.63, 3.8) is 0 Å². The summed E-state index contributed by atoms with van der Waals surface area (Å²) in [6.45, 7) is 10.6. The molecule has 0 unspecified atom stereocenters. The number of rotatable bonds is 7. The van der Waals surface area contributed by atoms with Crippen LogP contribution in [-0.2, 0) is 0 Å². The van der Waals surface area contributed by atoms with E-state index in [9.17, 15) is 0 Å². The van der Waals surface area contributed by atoms with Crippen LogP contribution in [0.25, 0.3) is 0 Å². The van der Waals surface area contributed by atoms with Crippen molar-refractivity contribution in [3.05, 3.63) is 35.5 Å². The second-order valence-electron chi connectivity index (χ2n) is 3.52. The highest BCUT2D eigenvalue weighted by molar-refractivity contribution is 8.78. The van der Waals surface area contributed by atoms with E-state index < -0.39 is 0 Å². The molecule has 0 bridgehead atoms. The minimum absolute atomic E-state index is 0.917. The summed E-state index contributed by atoms with van der Waals surface area (Å²) in [5, 5.41) is 4.37. The molecule has 0 saturated carbocycles. The fourth-order valence-corrected chi connectivity index (χ4v) is 2.93. The van der Waals surface area contributed by atoms with Crippen molar-refractivity contribution in [2.24, 2.45) is 4.99 Å². The molecule has 0 atom stereocenters.